The molecule has 5 rings (SSSR count). The van der Waals surface area contributed by atoms with Crippen LogP contribution < -0.4 is 11.4 Å². The molecule has 33 heavy (non-hydrogen) atoms. The summed E-state index contributed by atoms with van der Waals surface area (Å²) in [5, 5.41) is 13.2. The van der Waals surface area contributed by atoms with Crippen LogP contribution >= 0.6 is 0 Å². The minimum Gasteiger partial charge on any atom is -0.390 e. The number of aryl methyl sites for hydroxylation is 1. The Balaban J connectivity index is 1.58. The van der Waals surface area contributed by atoms with E-state index in [1.807, 2.05) is 6.92 Å². The van der Waals surface area contributed by atoms with Crippen molar-refractivity contribution in [3.63, 3.8) is 0 Å². The number of nitrogens with one attached hydrogen (secondary N) is 1. The number of H-pyrrole nitrogens is 1. The van der Waals surface area contributed by atoms with Crippen LogP contribution in [0.1, 0.15) is 39.8 Å². The minimum atomic E-state index is -2.54. The van der Waals surface area contributed by atoms with Gasteiger partial charge >= 0.3 is 0 Å². The summed E-state index contributed by atoms with van der Waals surface area (Å²) in [5.41, 5.74) is 8.28. The Labute approximate surface area is 189 Å². The van der Waals surface area contributed by atoms with E-state index in [-0.39, 0.29) is 18.0 Å². The van der Waals surface area contributed by atoms with Gasteiger partial charge in [-0.3, -0.25) is 9.61 Å². The van der Waals surface area contributed by atoms with Gasteiger partial charge in [0.2, 0.25) is 5.62 Å². The average Bonchev–Trinajstić information content (AvgIpc) is 3.26. The Hall–Kier alpha value is -3.34. The number of alkyl halides is 2. The monoisotopic (exact) mass is 457 g/mol. The molecule has 1 aliphatic rings. The number of anilines is 1. The van der Waals surface area contributed by atoms with Crippen LogP contribution in [0.2, 0.25) is 0 Å². The van der Waals surface area contributed by atoms with E-state index in [1.54, 1.807) is 25.1 Å². The van der Waals surface area contributed by atoms with Crippen LogP contribution in [0.5, 0.6) is 0 Å². The van der Waals surface area contributed by atoms with Crippen molar-refractivity contribution in [2.45, 2.75) is 64.1 Å². The van der Waals surface area contributed by atoms with Gasteiger partial charge in [0.1, 0.15) is 16.9 Å². The predicted molar refractivity (Wildman–Crippen MR) is 120 cm³/mol. The van der Waals surface area contributed by atoms with E-state index < -0.39 is 18.6 Å². The molecule has 4 N–H and O–H groups in total. The molecule has 1 saturated carbocycles. The molecule has 0 aliphatic heterocycles. The van der Waals surface area contributed by atoms with Crippen molar-refractivity contribution in [1.29, 1.82) is 0 Å². The molecule has 0 aromatic carbocycles. The lowest BCUT2D eigenvalue weighted by molar-refractivity contribution is 0.0177. The molecule has 1 fully saturated rings. The van der Waals surface area contributed by atoms with Gasteiger partial charge < -0.3 is 15.4 Å². The average molecular weight is 458 g/mol. The van der Waals surface area contributed by atoms with Crippen molar-refractivity contribution in [3.8, 4) is 11.3 Å². The van der Waals surface area contributed by atoms with Crippen LogP contribution in [0.3, 0.4) is 0 Å². The van der Waals surface area contributed by atoms with Gasteiger partial charge in [0, 0.05) is 11.7 Å². The maximum atomic E-state index is 13.1. The molecule has 0 unspecified atom stereocenters. The van der Waals surface area contributed by atoms with Crippen molar-refractivity contribution < 1.29 is 15.3 Å². The lowest BCUT2D eigenvalue weighted by Crippen LogP contribution is -2.33. The molecule has 0 saturated heterocycles. The van der Waals surface area contributed by atoms with Crippen molar-refractivity contribution in [3.05, 3.63) is 35.8 Å². The molecule has 0 spiro atoms. The summed E-state index contributed by atoms with van der Waals surface area (Å²) < 4.78 is 37.5. The van der Waals surface area contributed by atoms with E-state index in [1.165, 1.54) is 9.08 Å². The van der Waals surface area contributed by atoms with Crippen molar-refractivity contribution in [2.75, 3.05) is 5.73 Å². The topological polar surface area (TPSA) is 122 Å². The molecule has 174 valence electrons. The van der Waals surface area contributed by atoms with Gasteiger partial charge in [-0.15, -0.1) is 0 Å². The zero-order chi connectivity index (χ0) is 24.2. The first-order chi connectivity index (χ1) is 16.1. The molecule has 0 atom stereocenters. The number of pyridine rings is 1. The van der Waals surface area contributed by atoms with E-state index in [2.05, 4.69) is 25.0 Å². The fraction of sp³-hybridized carbons (Fsp3) is 0.455. The first-order valence-electron chi connectivity index (χ1n) is 11.4. The smallest absolute Gasteiger partial charge is 0.256 e. The van der Waals surface area contributed by atoms with E-state index in [4.69, 9.17) is 7.10 Å². The van der Waals surface area contributed by atoms with Crippen LogP contribution in [0.15, 0.2) is 29.4 Å². The number of aliphatic hydroxyl groups is 1. The van der Waals surface area contributed by atoms with Crippen molar-refractivity contribution in [1.82, 2.24) is 29.1 Å². The first-order valence-corrected chi connectivity index (χ1v) is 10.9. The normalized spacial score (nSPS) is 22.5. The Morgan fingerprint density at radius 1 is 1.30 bits per heavy atom. The summed E-state index contributed by atoms with van der Waals surface area (Å²) in [6.45, 7) is 2.99. The largest absolute Gasteiger partial charge is 0.390 e. The quantitative estimate of drug-likeness (QED) is 0.435. The van der Waals surface area contributed by atoms with E-state index in [0.717, 1.165) is 12.8 Å². The lowest BCUT2D eigenvalue weighted by atomic mass is 9.84. The Bertz CT molecular complexity index is 1440. The van der Waals surface area contributed by atoms with Crippen molar-refractivity contribution >= 4 is 22.5 Å². The molecule has 11 heteroatoms. The summed E-state index contributed by atoms with van der Waals surface area (Å²) in [7, 11) is 0. The fourth-order valence-electron chi connectivity index (χ4n) is 4.42. The standard InChI is InChI=1S/C22H26F2N8O/c1-12-26-16-4-3-15(28-20(16)31(12)11-17(23)24)14-7-10-32-18(14)19(25)29-21(30-32)27-13-5-8-22(2,33)9-6-13/h3-4,7,10,13,17,33H,5-6,8-9,11H2,1-2H3,(H3,25,27,29,30)/i10D. The van der Waals surface area contributed by atoms with Crippen LogP contribution in [-0.4, -0.2) is 52.3 Å². The maximum absolute atomic E-state index is 13.1. The highest BCUT2D eigenvalue weighted by atomic mass is 19.3. The number of aromatic amines is 1. The molecular weight excluding hydrogens is 430 g/mol. The second-order valence-electron chi connectivity index (χ2n) is 8.86. The van der Waals surface area contributed by atoms with E-state index in [9.17, 15) is 13.9 Å². The number of rotatable bonds is 4. The summed E-state index contributed by atoms with van der Waals surface area (Å²) in [4.78, 5) is 17.9. The van der Waals surface area contributed by atoms with Gasteiger partial charge in [-0.05, 0) is 57.7 Å². The van der Waals surface area contributed by atoms with Gasteiger partial charge in [0.25, 0.3) is 6.43 Å². The molecular formula is C22H26F2N8O. The molecule has 4 aromatic heterocycles. The summed E-state index contributed by atoms with van der Waals surface area (Å²) >= 11 is 0. The molecule has 4 heterocycles. The van der Waals surface area contributed by atoms with Gasteiger partial charge in [-0.25, -0.2) is 23.7 Å². The number of fused-ring (bicyclic) bond motifs is 2. The summed E-state index contributed by atoms with van der Waals surface area (Å²) in [6.07, 6.45) is 0.379. The van der Waals surface area contributed by atoms with Gasteiger partial charge in [-0.1, -0.05) is 0 Å². The van der Waals surface area contributed by atoms with Crippen LogP contribution in [-0.2, 0) is 6.54 Å². The molecule has 0 radical (unpaired) electrons. The van der Waals surface area contributed by atoms with E-state index in [0.29, 0.717) is 52.2 Å². The van der Waals surface area contributed by atoms with Crippen molar-refractivity contribution in [2.24, 2.45) is 4.99 Å². The molecule has 1 aliphatic carbocycles. The number of nitrogens with two attached hydrogens (primary N) is 1. The predicted octanol–water partition coefficient (Wildman–Crippen LogP) is 2.82. The number of imidazole rings is 1. The first kappa shape index (κ1) is 20.3. The number of hydrogen-bond donors (Lipinski definition) is 3. The van der Waals surface area contributed by atoms with Gasteiger partial charge in [0.15, 0.2) is 11.5 Å². The highest BCUT2D eigenvalue weighted by molar-refractivity contribution is 5.88. The molecule has 0 amide bonds. The summed E-state index contributed by atoms with van der Waals surface area (Å²) in [5.74, 6) is 0.626. The molecule has 4 aromatic rings. The number of halogens is 2. The third-order valence-electron chi connectivity index (χ3n) is 6.21. The SMILES string of the molecule is [2H]c1cc(-c2ccc3nc(C)n(CC(F)F)c3n2)c2c(N)nc(=NC3CCC(C)(O)CC3)[nH]n12. The zero-order valence-corrected chi connectivity index (χ0v) is 18.4. The lowest BCUT2D eigenvalue weighted by Gasteiger charge is -2.30. The zero-order valence-electron chi connectivity index (χ0n) is 19.4. The Kier molecular flexibility index (Phi) is 4.86. The number of aromatic nitrogens is 6. The summed E-state index contributed by atoms with van der Waals surface area (Å²) in [6, 6.07) is 5.05. The molecule has 9 nitrogen and oxygen atoms in total. The second kappa shape index (κ2) is 7.91. The Morgan fingerprint density at radius 3 is 2.79 bits per heavy atom. The second-order valence-corrected chi connectivity index (χ2v) is 8.86. The van der Waals surface area contributed by atoms with Gasteiger partial charge in [0.05, 0.1) is 25.3 Å². The fourth-order valence-corrected chi connectivity index (χ4v) is 4.42. The van der Waals surface area contributed by atoms with E-state index >= 15 is 0 Å². The van der Waals surface area contributed by atoms with Crippen LogP contribution in [0.25, 0.3) is 27.9 Å². The third kappa shape index (κ3) is 4.08. The van der Waals surface area contributed by atoms with Gasteiger partial charge in [-0.2, -0.15) is 4.98 Å². The third-order valence-corrected chi connectivity index (χ3v) is 6.21. The minimum absolute atomic E-state index is 0.00692. The number of nitrogen functional groups attached to an aromatic ring is 1. The van der Waals surface area contributed by atoms with Crippen LogP contribution in [0.4, 0.5) is 14.6 Å². The Morgan fingerprint density at radius 2 is 2.06 bits per heavy atom. The number of hydrogen-bond acceptors (Lipinski definition) is 6. The number of nitrogens with zero attached hydrogens (tertiary/aromatic N) is 6. The van der Waals surface area contributed by atoms with Crippen LogP contribution in [0, 0.1) is 6.92 Å². The highest BCUT2D eigenvalue weighted by Gasteiger charge is 2.28. The molecule has 0 bridgehead atoms. The maximum Gasteiger partial charge on any atom is 0.256 e. The highest BCUT2D eigenvalue weighted by Crippen LogP contribution is 2.30.